The maximum Gasteiger partial charge on any atom is 0.129 e. The molecule has 588 valence electrons. The molecule has 6 aromatic rings. The molecule has 6 aliphatic heterocycles. The van der Waals surface area contributed by atoms with E-state index in [2.05, 4.69) is 147 Å². The van der Waals surface area contributed by atoms with Crippen molar-refractivity contribution in [1.29, 1.82) is 0 Å². The van der Waals surface area contributed by atoms with Crippen LogP contribution in [0.3, 0.4) is 0 Å². The van der Waals surface area contributed by atoms with Gasteiger partial charge in [-0.15, -0.1) is 0 Å². The van der Waals surface area contributed by atoms with E-state index in [0.717, 1.165) is 107 Å². The third-order valence-corrected chi connectivity index (χ3v) is 20.5. The monoisotopic (exact) mass is 1480 g/mol. The van der Waals surface area contributed by atoms with Crippen molar-refractivity contribution in [2.45, 2.75) is 218 Å². The highest BCUT2D eigenvalue weighted by Crippen LogP contribution is 2.31. The molecular formula is C82H124F4N12O8. The van der Waals surface area contributed by atoms with Crippen LogP contribution in [0, 0.1) is 11.8 Å². The Morgan fingerprint density at radius 3 is 0.623 bits per heavy atom. The number of rotatable bonds is 16. The first-order chi connectivity index (χ1) is 50.5. The van der Waals surface area contributed by atoms with E-state index in [1.165, 1.54) is 0 Å². The van der Waals surface area contributed by atoms with Gasteiger partial charge in [-0.1, -0.05) is 83.1 Å². The summed E-state index contributed by atoms with van der Waals surface area (Å²) >= 11 is 0. The van der Waals surface area contributed by atoms with Crippen molar-refractivity contribution in [3.8, 4) is 0 Å². The number of piperidine rings is 6. The van der Waals surface area contributed by atoms with Crippen molar-refractivity contribution in [2.75, 3.05) is 135 Å². The third-order valence-electron chi connectivity index (χ3n) is 20.5. The predicted octanol–water partition coefficient (Wildman–Crippen LogP) is 12.5. The van der Waals surface area contributed by atoms with Crippen molar-refractivity contribution < 1.29 is 57.7 Å². The second kappa shape index (κ2) is 42.7. The SMILES string of the molecule is CC(C)c1ccc(N2CC[C@@H](F)[C@@H](O)C2)cn1.CC(C)c1ccc(N2CC[C@@H](F)[C@H](O)C2)cn1.CC(C)c1ccc(N2CC[C@H](F)[C@@H](O)C2)cn1.CC(C)c1ccc(N2CC[C@H](F)[C@H](O)C2)cn1.COCC1CN(c2ccc(C(C)C)nc2)CCC1O.COC[C@H]1CN(c2ccc(C(C)C)nc2)CC[C@H]1O. The van der Waals surface area contributed by atoms with Crippen LogP contribution in [0.2, 0.25) is 0 Å². The minimum Gasteiger partial charge on any atom is -0.393 e. The Kier molecular flexibility index (Phi) is 34.8. The molecule has 0 radical (unpaired) electrons. The molecule has 6 saturated heterocycles. The van der Waals surface area contributed by atoms with Crippen LogP contribution in [0.25, 0.3) is 0 Å². The maximum atomic E-state index is 13.1. The Bertz CT molecular complexity index is 3040. The average Bonchev–Trinajstić information content (AvgIpc) is 0.853. The molecule has 6 N–H and O–H groups in total. The molecule has 0 bridgehead atoms. The highest BCUT2D eigenvalue weighted by Gasteiger charge is 2.33. The first-order valence-corrected chi connectivity index (χ1v) is 38.4. The summed E-state index contributed by atoms with van der Waals surface area (Å²) in [4.78, 5) is 39.0. The molecule has 12 rings (SSSR count). The van der Waals surface area contributed by atoms with Gasteiger partial charge in [-0.2, -0.15) is 0 Å². The van der Waals surface area contributed by atoms with Gasteiger partial charge in [0.15, 0.2) is 0 Å². The number of β-amino-alcohol motifs (C(OH)–C–C–N with tert-alkyl or cyclic N) is 4. The van der Waals surface area contributed by atoms with Crippen LogP contribution in [-0.4, -0.2) is 228 Å². The van der Waals surface area contributed by atoms with Gasteiger partial charge in [-0.3, -0.25) is 29.9 Å². The van der Waals surface area contributed by atoms with Gasteiger partial charge in [-0.25, -0.2) is 17.6 Å². The Morgan fingerprint density at radius 1 is 0.292 bits per heavy atom. The highest BCUT2D eigenvalue weighted by atomic mass is 19.1. The molecule has 24 heteroatoms. The number of anilines is 6. The lowest BCUT2D eigenvalue weighted by atomic mass is 9.95. The summed E-state index contributed by atoms with van der Waals surface area (Å²) in [6.07, 6.45) is 5.84. The van der Waals surface area contributed by atoms with E-state index in [-0.39, 0.29) is 24.0 Å². The average molecular weight is 1480 g/mol. The first-order valence-electron chi connectivity index (χ1n) is 38.4. The summed E-state index contributed by atoms with van der Waals surface area (Å²) < 4.78 is 62.9. The van der Waals surface area contributed by atoms with Gasteiger partial charge < -0.3 is 69.5 Å². The van der Waals surface area contributed by atoms with E-state index >= 15 is 0 Å². The number of aromatic nitrogens is 6. The molecule has 0 aromatic carbocycles. The molecule has 106 heavy (non-hydrogen) atoms. The summed E-state index contributed by atoms with van der Waals surface area (Å²) in [6, 6.07) is 24.4. The Hall–Kier alpha value is -6.90. The summed E-state index contributed by atoms with van der Waals surface area (Å²) in [6.45, 7) is 34.0. The maximum absolute atomic E-state index is 13.1. The van der Waals surface area contributed by atoms with Gasteiger partial charge in [-0.05, 0) is 147 Å². The van der Waals surface area contributed by atoms with E-state index in [0.29, 0.717) is 127 Å². The third kappa shape index (κ3) is 26.2. The minimum atomic E-state index is -1.09. The quantitative estimate of drug-likeness (QED) is 0.0494. The van der Waals surface area contributed by atoms with Crippen molar-refractivity contribution in [1.82, 2.24) is 29.9 Å². The second-order valence-electron chi connectivity index (χ2n) is 30.9. The molecule has 0 amide bonds. The first kappa shape index (κ1) is 86.3. The Labute approximate surface area is 628 Å². The van der Waals surface area contributed by atoms with Crippen molar-refractivity contribution >= 4 is 34.1 Å². The Morgan fingerprint density at radius 2 is 0.472 bits per heavy atom. The lowest BCUT2D eigenvalue weighted by molar-refractivity contribution is 0.0357. The molecule has 0 spiro atoms. The normalized spacial score (nSPS) is 24.8. The topological polar surface area (TPSA) is 237 Å². The van der Waals surface area contributed by atoms with Crippen molar-refractivity contribution in [3.63, 3.8) is 0 Å². The molecule has 20 nitrogen and oxygen atoms in total. The zero-order valence-electron chi connectivity index (χ0n) is 65.3. The molecule has 0 aliphatic carbocycles. The highest BCUT2D eigenvalue weighted by molar-refractivity contribution is 5.50. The molecule has 2 unspecified atom stereocenters. The van der Waals surface area contributed by atoms with Gasteiger partial charge in [0, 0.05) is 139 Å². The number of aliphatic hydroxyl groups is 6. The van der Waals surface area contributed by atoms with E-state index in [1.54, 1.807) is 39.0 Å². The van der Waals surface area contributed by atoms with E-state index in [4.69, 9.17) is 9.47 Å². The van der Waals surface area contributed by atoms with Crippen LogP contribution < -0.4 is 29.4 Å². The molecule has 12 atom stereocenters. The number of hydrogen-bond acceptors (Lipinski definition) is 20. The van der Waals surface area contributed by atoms with Crippen LogP contribution in [0.15, 0.2) is 110 Å². The summed E-state index contributed by atoms with van der Waals surface area (Å²) in [5.74, 6) is 2.92. The van der Waals surface area contributed by atoms with E-state index in [9.17, 15) is 48.2 Å². The smallest absolute Gasteiger partial charge is 0.129 e. The molecule has 12 heterocycles. The minimum absolute atomic E-state index is 0.184. The lowest BCUT2D eigenvalue weighted by Gasteiger charge is -2.37. The molecular weight excluding hydrogens is 1360 g/mol. The standard InChI is InChI=1S/2C15H24N2O2.4C13H19FN2O/c2*1-11(2)14-5-4-13(8-16-14)17-7-6-15(18)12(9-17)10-19-3;4*1-9(2)12-4-3-10(7-15-12)16-6-5-11(14)13(17)8-16/h2*4-5,8,11-12,15,18H,6-7,9-10H2,1-3H3;4*3-4,7,9,11,13,17H,5-6,8H2,1-2H3/t12-,15-;;2*11-,13+;2*11-,13-/m1.1010/s1. The van der Waals surface area contributed by atoms with Crippen LogP contribution in [0.1, 0.15) is 191 Å². The number of nitrogens with zero attached hydrogens (tertiary/aromatic N) is 12. The fourth-order valence-electron chi connectivity index (χ4n) is 13.4. The van der Waals surface area contributed by atoms with Crippen LogP contribution in [0.4, 0.5) is 51.7 Å². The number of pyridine rings is 6. The van der Waals surface area contributed by atoms with Gasteiger partial charge in [0.05, 0.1) is 96.7 Å². The van der Waals surface area contributed by atoms with Gasteiger partial charge in [0.25, 0.3) is 0 Å². The van der Waals surface area contributed by atoms with Crippen LogP contribution in [-0.2, 0) is 9.47 Å². The van der Waals surface area contributed by atoms with Gasteiger partial charge in [0.2, 0.25) is 0 Å². The predicted molar refractivity (Wildman–Crippen MR) is 417 cm³/mol. The molecule has 6 aliphatic rings. The number of alkyl halides is 4. The van der Waals surface area contributed by atoms with Gasteiger partial charge >= 0.3 is 0 Å². The number of hydrogen-bond donors (Lipinski definition) is 6. The number of methoxy groups -OCH3 is 2. The molecule has 0 saturated carbocycles. The molecule has 6 fully saturated rings. The van der Waals surface area contributed by atoms with Crippen molar-refractivity contribution in [2.24, 2.45) is 11.8 Å². The fourth-order valence-corrected chi connectivity index (χ4v) is 13.4. The Balaban J connectivity index is 0.000000178. The zero-order valence-corrected chi connectivity index (χ0v) is 65.3. The van der Waals surface area contributed by atoms with E-state index < -0.39 is 49.1 Å². The summed E-state index contributed by atoms with van der Waals surface area (Å²) in [5, 5.41) is 58.0. The largest absolute Gasteiger partial charge is 0.393 e. The zero-order chi connectivity index (χ0) is 77.3. The second-order valence-corrected chi connectivity index (χ2v) is 30.9. The van der Waals surface area contributed by atoms with E-state index in [1.807, 2.05) is 80.5 Å². The van der Waals surface area contributed by atoms with Gasteiger partial charge in [0.1, 0.15) is 49.1 Å². The fraction of sp³-hybridized carbons (Fsp3) is 0.634. The molecule has 6 aromatic heterocycles. The summed E-state index contributed by atoms with van der Waals surface area (Å²) in [7, 11) is 3.37. The number of halogens is 4. The summed E-state index contributed by atoms with van der Waals surface area (Å²) in [5.41, 5.74) is 12.5. The lowest BCUT2D eigenvalue weighted by Crippen LogP contribution is -2.45. The number of ether oxygens (including phenoxy) is 2. The van der Waals surface area contributed by atoms with Crippen LogP contribution >= 0.6 is 0 Å². The number of aliphatic hydroxyl groups excluding tert-OH is 6. The van der Waals surface area contributed by atoms with Crippen LogP contribution in [0.5, 0.6) is 0 Å². The van der Waals surface area contributed by atoms with Crippen molar-refractivity contribution in [3.05, 3.63) is 144 Å².